The number of fused-ring (bicyclic) bond motifs is 1. The van der Waals surface area contributed by atoms with Crippen molar-refractivity contribution in [3.05, 3.63) is 77.9 Å². The highest BCUT2D eigenvalue weighted by molar-refractivity contribution is 6.07. The Labute approximate surface area is 187 Å². The number of aliphatic hydroxyl groups is 1. The van der Waals surface area contributed by atoms with E-state index in [0.717, 1.165) is 10.8 Å². The van der Waals surface area contributed by atoms with Gasteiger partial charge in [0.15, 0.2) is 5.60 Å². The first kappa shape index (κ1) is 21.8. The molecule has 1 aliphatic rings. The molecule has 0 saturated carbocycles. The number of aliphatic carboxylic acids is 1. The lowest BCUT2D eigenvalue weighted by atomic mass is 9.83. The van der Waals surface area contributed by atoms with Crippen LogP contribution in [0, 0.1) is 0 Å². The minimum atomic E-state index is -1.43. The van der Waals surface area contributed by atoms with Crippen molar-refractivity contribution in [1.82, 2.24) is 4.90 Å². The Kier molecular flexibility index (Phi) is 5.65. The molecule has 0 bridgehead atoms. The Morgan fingerprint density at radius 1 is 0.938 bits per heavy atom. The van der Waals surface area contributed by atoms with Crippen LogP contribution in [0.1, 0.15) is 42.6 Å². The lowest BCUT2D eigenvalue weighted by Crippen LogP contribution is -2.46. The second-order valence-corrected chi connectivity index (χ2v) is 8.76. The SMILES string of the molecule is CC(C)(Oc1ccccc1C1(O)CCN(C(=O)c2cccc3ccccc23)CC1)C(=O)O. The fraction of sp³-hybridized carbons (Fsp3) is 0.308. The summed E-state index contributed by atoms with van der Waals surface area (Å²) in [6.07, 6.45) is 0.661. The summed E-state index contributed by atoms with van der Waals surface area (Å²) in [6.45, 7) is 3.72. The van der Waals surface area contributed by atoms with Gasteiger partial charge < -0.3 is 19.8 Å². The van der Waals surface area contributed by atoms with Gasteiger partial charge in [0.25, 0.3) is 5.91 Å². The van der Waals surface area contributed by atoms with E-state index in [1.165, 1.54) is 13.8 Å². The topological polar surface area (TPSA) is 87.1 Å². The standard InChI is InChI=1S/C26H27NO5/c1-25(2,24(29)30)32-22-13-6-5-12-21(22)26(31)14-16-27(17-15-26)23(28)20-11-7-9-18-8-3-4-10-19(18)20/h3-13,31H,14-17H2,1-2H3,(H,29,30). The van der Waals surface area contributed by atoms with E-state index in [1.807, 2.05) is 42.5 Å². The van der Waals surface area contributed by atoms with Crippen LogP contribution in [-0.4, -0.2) is 45.7 Å². The summed E-state index contributed by atoms with van der Waals surface area (Å²) in [6, 6.07) is 20.5. The van der Waals surface area contributed by atoms with Gasteiger partial charge in [0.2, 0.25) is 0 Å². The molecule has 3 aromatic rings. The number of para-hydroxylation sites is 1. The predicted molar refractivity (Wildman–Crippen MR) is 122 cm³/mol. The number of amides is 1. The second kappa shape index (κ2) is 8.28. The summed E-state index contributed by atoms with van der Waals surface area (Å²) < 4.78 is 5.76. The Morgan fingerprint density at radius 3 is 2.28 bits per heavy atom. The Hall–Kier alpha value is -3.38. The molecule has 1 aliphatic heterocycles. The van der Waals surface area contributed by atoms with Crippen molar-refractivity contribution in [2.24, 2.45) is 0 Å². The van der Waals surface area contributed by atoms with E-state index in [1.54, 1.807) is 29.2 Å². The van der Waals surface area contributed by atoms with Crippen LogP contribution in [0.2, 0.25) is 0 Å². The molecule has 0 aliphatic carbocycles. The first-order valence-corrected chi connectivity index (χ1v) is 10.7. The van der Waals surface area contributed by atoms with Gasteiger partial charge in [0, 0.05) is 24.2 Å². The van der Waals surface area contributed by atoms with Crippen LogP contribution in [0.25, 0.3) is 10.8 Å². The molecule has 6 nitrogen and oxygen atoms in total. The smallest absolute Gasteiger partial charge is 0.347 e. The lowest BCUT2D eigenvalue weighted by Gasteiger charge is -2.39. The molecule has 1 saturated heterocycles. The van der Waals surface area contributed by atoms with Gasteiger partial charge in [0.1, 0.15) is 5.75 Å². The van der Waals surface area contributed by atoms with Crippen LogP contribution in [0.3, 0.4) is 0 Å². The zero-order valence-electron chi connectivity index (χ0n) is 18.2. The van der Waals surface area contributed by atoms with Crippen molar-refractivity contribution >= 4 is 22.6 Å². The highest BCUT2D eigenvalue weighted by Gasteiger charge is 2.39. The number of hydrogen-bond donors (Lipinski definition) is 2. The maximum absolute atomic E-state index is 13.2. The van der Waals surface area contributed by atoms with E-state index in [-0.39, 0.29) is 5.91 Å². The number of likely N-dealkylation sites (tertiary alicyclic amines) is 1. The van der Waals surface area contributed by atoms with Crippen LogP contribution >= 0.6 is 0 Å². The number of carboxylic acids is 1. The highest BCUT2D eigenvalue weighted by Crippen LogP contribution is 2.39. The molecule has 0 atom stereocenters. The fourth-order valence-corrected chi connectivity index (χ4v) is 4.19. The molecule has 0 aromatic heterocycles. The van der Waals surface area contributed by atoms with Crippen LogP contribution in [0.4, 0.5) is 0 Å². The molecule has 1 heterocycles. The maximum Gasteiger partial charge on any atom is 0.347 e. The van der Waals surface area contributed by atoms with E-state index in [4.69, 9.17) is 4.74 Å². The van der Waals surface area contributed by atoms with E-state index in [9.17, 15) is 19.8 Å². The molecule has 3 aromatic carbocycles. The lowest BCUT2D eigenvalue weighted by molar-refractivity contribution is -0.152. The van der Waals surface area contributed by atoms with Crippen LogP contribution in [0.15, 0.2) is 66.7 Å². The van der Waals surface area contributed by atoms with Gasteiger partial charge in [-0.05, 0) is 49.6 Å². The summed E-state index contributed by atoms with van der Waals surface area (Å²) in [4.78, 5) is 26.5. The van der Waals surface area contributed by atoms with Crippen molar-refractivity contribution in [3.8, 4) is 5.75 Å². The normalized spacial score (nSPS) is 16.0. The van der Waals surface area contributed by atoms with Crippen molar-refractivity contribution in [2.75, 3.05) is 13.1 Å². The zero-order chi connectivity index (χ0) is 22.9. The molecule has 0 spiro atoms. The molecular weight excluding hydrogens is 406 g/mol. The van der Waals surface area contributed by atoms with Crippen LogP contribution < -0.4 is 4.74 Å². The number of hydrogen-bond acceptors (Lipinski definition) is 4. The largest absolute Gasteiger partial charge is 0.478 e. The average molecular weight is 434 g/mol. The third-order valence-corrected chi connectivity index (χ3v) is 6.17. The van der Waals surface area contributed by atoms with Gasteiger partial charge >= 0.3 is 5.97 Å². The fourth-order valence-electron chi connectivity index (χ4n) is 4.19. The Balaban J connectivity index is 1.55. The number of rotatable bonds is 5. The summed E-state index contributed by atoms with van der Waals surface area (Å²) in [5.41, 5.74) is -1.44. The van der Waals surface area contributed by atoms with Crippen molar-refractivity contribution < 1.29 is 24.5 Å². The van der Waals surface area contributed by atoms with E-state index < -0.39 is 17.2 Å². The molecule has 6 heteroatoms. The summed E-state index contributed by atoms with van der Waals surface area (Å²) >= 11 is 0. The van der Waals surface area contributed by atoms with Gasteiger partial charge in [0.05, 0.1) is 5.60 Å². The van der Waals surface area contributed by atoms with E-state index in [2.05, 4.69) is 0 Å². The van der Waals surface area contributed by atoms with Gasteiger partial charge in [-0.2, -0.15) is 0 Å². The number of ether oxygens (including phenoxy) is 1. The molecule has 1 fully saturated rings. The Bertz CT molecular complexity index is 1160. The van der Waals surface area contributed by atoms with Crippen molar-refractivity contribution in [2.45, 2.75) is 37.9 Å². The molecule has 0 unspecified atom stereocenters. The van der Waals surface area contributed by atoms with Crippen LogP contribution in [-0.2, 0) is 10.4 Å². The number of benzene rings is 3. The molecule has 166 valence electrons. The van der Waals surface area contributed by atoms with Gasteiger partial charge in [-0.1, -0.05) is 54.6 Å². The maximum atomic E-state index is 13.2. The minimum Gasteiger partial charge on any atom is -0.478 e. The molecule has 1 amide bonds. The molecule has 0 radical (unpaired) electrons. The van der Waals surface area contributed by atoms with Crippen LogP contribution in [0.5, 0.6) is 5.75 Å². The number of carbonyl (C=O) groups is 2. The average Bonchev–Trinajstić information content (AvgIpc) is 2.79. The van der Waals surface area contributed by atoms with E-state index in [0.29, 0.717) is 42.8 Å². The first-order chi connectivity index (χ1) is 15.2. The number of nitrogens with zero attached hydrogens (tertiary/aromatic N) is 1. The van der Waals surface area contributed by atoms with Gasteiger partial charge in [-0.3, -0.25) is 4.79 Å². The third kappa shape index (κ3) is 4.06. The number of piperidine rings is 1. The first-order valence-electron chi connectivity index (χ1n) is 10.7. The minimum absolute atomic E-state index is 0.0552. The summed E-state index contributed by atoms with van der Waals surface area (Å²) in [7, 11) is 0. The predicted octanol–water partition coefficient (Wildman–Crippen LogP) is 4.21. The molecule has 4 rings (SSSR count). The molecule has 2 N–H and O–H groups in total. The summed E-state index contributed by atoms with van der Waals surface area (Å²) in [5.74, 6) is -0.800. The summed E-state index contributed by atoms with van der Waals surface area (Å²) in [5, 5.41) is 22.8. The quantitative estimate of drug-likeness (QED) is 0.630. The number of carboxylic acid groups (broad SMARTS) is 1. The zero-order valence-corrected chi connectivity index (χ0v) is 18.2. The second-order valence-electron chi connectivity index (χ2n) is 8.76. The monoisotopic (exact) mass is 433 g/mol. The van der Waals surface area contributed by atoms with Crippen molar-refractivity contribution in [3.63, 3.8) is 0 Å². The highest BCUT2D eigenvalue weighted by atomic mass is 16.5. The number of carbonyl (C=O) groups excluding carboxylic acids is 1. The van der Waals surface area contributed by atoms with E-state index >= 15 is 0 Å². The van der Waals surface area contributed by atoms with Gasteiger partial charge in [-0.15, -0.1) is 0 Å². The Morgan fingerprint density at radius 2 is 1.56 bits per heavy atom. The third-order valence-electron chi connectivity index (χ3n) is 6.17. The van der Waals surface area contributed by atoms with Crippen molar-refractivity contribution in [1.29, 1.82) is 0 Å². The molecule has 32 heavy (non-hydrogen) atoms. The van der Waals surface area contributed by atoms with Gasteiger partial charge in [-0.25, -0.2) is 4.79 Å². The molecular formula is C26H27NO5.